The number of hydrogen-bond acceptors (Lipinski definition) is 0. The van der Waals surface area contributed by atoms with Crippen molar-refractivity contribution in [3.05, 3.63) is 137 Å². The van der Waals surface area contributed by atoms with Crippen molar-refractivity contribution < 1.29 is 0 Å². The van der Waals surface area contributed by atoms with E-state index >= 15 is 0 Å². The van der Waals surface area contributed by atoms with Crippen molar-refractivity contribution in [1.82, 2.24) is 0 Å². The predicted octanol–water partition coefficient (Wildman–Crippen LogP) is 9.27. The SMILES string of the molecule is Clc1cccc2c1C1CC34c5cccc(Cl)c5C(CC23c2c(Cl)cccc21)c1cccc(Cl)c14. The molecule has 6 aliphatic rings. The molecule has 0 N–H and O–H groups in total. The second-order valence-electron chi connectivity index (χ2n) is 10.1. The monoisotopic (exact) mass is 518 g/mol. The first-order valence-electron chi connectivity index (χ1n) is 11.7. The summed E-state index contributed by atoms with van der Waals surface area (Å²) >= 11 is 28.1. The predicted molar refractivity (Wildman–Crippen MR) is 140 cm³/mol. The van der Waals surface area contributed by atoms with Gasteiger partial charge in [0.25, 0.3) is 0 Å². The van der Waals surface area contributed by atoms with E-state index in [1.54, 1.807) is 0 Å². The Labute approximate surface area is 218 Å². The highest BCUT2D eigenvalue weighted by atomic mass is 35.5. The summed E-state index contributed by atoms with van der Waals surface area (Å²) in [4.78, 5) is 0. The van der Waals surface area contributed by atoms with E-state index in [1.165, 1.54) is 44.5 Å². The van der Waals surface area contributed by atoms with Gasteiger partial charge in [0.1, 0.15) is 0 Å². The second kappa shape index (κ2) is 6.42. The molecule has 0 heterocycles. The van der Waals surface area contributed by atoms with Crippen LogP contribution in [0.15, 0.2) is 72.8 Å². The molecule has 0 aromatic heterocycles. The molecule has 0 nitrogen and oxygen atoms in total. The third-order valence-corrected chi connectivity index (χ3v) is 10.5. The first-order valence-corrected chi connectivity index (χ1v) is 13.2. The zero-order chi connectivity index (χ0) is 23.0. The van der Waals surface area contributed by atoms with Gasteiger partial charge in [-0.1, -0.05) is 94.9 Å². The molecule has 0 saturated heterocycles. The van der Waals surface area contributed by atoms with Crippen LogP contribution in [-0.2, 0) is 10.8 Å². The lowest BCUT2D eigenvalue weighted by molar-refractivity contribution is 0.171. The fraction of sp³-hybridized carbons (Fsp3) is 0.200. The summed E-state index contributed by atoms with van der Waals surface area (Å²) in [5, 5.41) is 3.35. The van der Waals surface area contributed by atoms with Crippen LogP contribution in [0.1, 0.15) is 69.2 Å². The summed E-state index contributed by atoms with van der Waals surface area (Å²) in [6.45, 7) is 0. The highest BCUT2D eigenvalue weighted by molar-refractivity contribution is 6.34. The van der Waals surface area contributed by atoms with Gasteiger partial charge in [-0.25, -0.2) is 0 Å². The van der Waals surface area contributed by atoms with E-state index in [2.05, 4.69) is 48.5 Å². The van der Waals surface area contributed by atoms with E-state index in [9.17, 15) is 0 Å². The summed E-state index contributed by atoms with van der Waals surface area (Å²) in [5.74, 6) is 0.259. The van der Waals surface area contributed by atoms with Crippen LogP contribution >= 0.6 is 46.4 Å². The quantitative estimate of drug-likeness (QED) is 0.217. The van der Waals surface area contributed by atoms with E-state index in [1.807, 2.05) is 24.3 Å². The average molecular weight is 520 g/mol. The van der Waals surface area contributed by atoms with E-state index in [0.717, 1.165) is 32.9 Å². The normalized spacial score (nSPS) is 28.6. The van der Waals surface area contributed by atoms with Gasteiger partial charge in [0.05, 0.1) is 0 Å². The highest BCUT2D eigenvalue weighted by Gasteiger charge is 2.71. The summed E-state index contributed by atoms with van der Waals surface area (Å²) in [6, 6.07) is 25.6. The van der Waals surface area contributed by atoms with Gasteiger partial charge in [0.15, 0.2) is 0 Å². The molecule has 166 valence electrons. The zero-order valence-electron chi connectivity index (χ0n) is 18.0. The van der Waals surface area contributed by atoms with Gasteiger partial charge >= 0.3 is 0 Å². The Bertz CT molecular complexity index is 1470. The molecular formula is C30H18Cl4. The molecule has 0 saturated carbocycles. The largest absolute Gasteiger partial charge is 0.0840 e. The van der Waals surface area contributed by atoms with Gasteiger partial charge in [-0.3, -0.25) is 0 Å². The van der Waals surface area contributed by atoms with Crippen LogP contribution in [0.3, 0.4) is 0 Å². The number of rotatable bonds is 0. The summed E-state index contributed by atoms with van der Waals surface area (Å²) in [6.07, 6.45) is 1.79. The van der Waals surface area contributed by atoms with Crippen molar-refractivity contribution in [3.63, 3.8) is 0 Å². The Morgan fingerprint density at radius 2 is 0.882 bits per heavy atom. The first kappa shape index (κ1) is 20.3. The van der Waals surface area contributed by atoms with Crippen LogP contribution < -0.4 is 0 Å². The van der Waals surface area contributed by atoms with Crippen LogP contribution in [0.5, 0.6) is 0 Å². The number of halogens is 4. The van der Waals surface area contributed by atoms with Crippen molar-refractivity contribution in [2.24, 2.45) is 0 Å². The molecule has 0 amide bonds. The van der Waals surface area contributed by atoms with Crippen LogP contribution in [-0.4, -0.2) is 0 Å². The third-order valence-electron chi connectivity index (χ3n) is 9.17. The molecular weight excluding hydrogens is 502 g/mol. The summed E-state index contributed by atoms with van der Waals surface area (Å²) in [5.41, 5.74) is 9.52. The van der Waals surface area contributed by atoms with Crippen molar-refractivity contribution in [1.29, 1.82) is 0 Å². The summed E-state index contributed by atoms with van der Waals surface area (Å²) < 4.78 is 0. The Kier molecular flexibility index (Phi) is 3.83. The molecule has 4 heteroatoms. The minimum Gasteiger partial charge on any atom is -0.0840 e. The Morgan fingerprint density at radius 3 is 1.32 bits per heavy atom. The molecule has 0 aliphatic heterocycles. The number of benzene rings is 4. The maximum absolute atomic E-state index is 7.12. The van der Waals surface area contributed by atoms with Gasteiger partial charge in [-0.05, 0) is 81.6 Å². The minimum atomic E-state index is -0.365. The van der Waals surface area contributed by atoms with Gasteiger partial charge in [0, 0.05) is 42.8 Å². The topological polar surface area (TPSA) is 0 Å². The number of hydrogen-bond donors (Lipinski definition) is 0. The molecule has 4 aromatic carbocycles. The van der Waals surface area contributed by atoms with E-state index in [4.69, 9.17) is 46.4 Å². The standard InChI is InChI=1S/C30H18Cl4/c31-21-9-3-7-19-25(21)17-13-30-20-8-4-10-22(32)26(20)18(16-6-2-12-24(34)28(16)30)14-29(19,30)27-15(17)5-1-11-23(27)33/h1-12,17-18H,13-14H2. The van der Waals surface area contributed by atoms with Crippen molar-refractivity contribution >= 4 is 46.4 Å². The smallest absolute Gasteiger partial charge is 0.0450 e. The Balaban J connectivity index is 1.65. The fourth-order valence-corrected chi connectivity index (χ4v) is 9.66. The lowest BCUT2D eigenvalue weighted by Crippen LogP contribution is -2.64. The Hall–Kier alpha value is -1.96. The van der Waals surface area contributed by atoms with Gasteiger partial charge in [-0.2, -0.15) is 0 Å². The molecule has 34 heavy (non-hydrogen) atoms. The van der Waals surface area contributed by atoms with Crippen molar-refractivity contribution in [3.8, 4) is 0 Å². The molecule has 0 radical (unpaired) electrons. The minimum absolute atomic E-state index is 0.130. The molecule has 4 unspecified atom stereocenters. The molecule has 6 aliphatic carbocycles. The lowest BCUT2D eigenvalue weighted by Gasteiger charge is -2.68. The van der Waals surface area contributed by atoms with Crippen molar-refractivity contribution in [2.45, 2.75) is 35.5 Å². The fourth-order valence-electron chi connectivity index (χ4n) is 8.37. The lowest BCUT2D eigenvalue weighted by atomic mass is 9.33. The average Bonchev–Trinajstić information content (AvgIpc) is 2.83. The van der Waals surface area contributed by atoms with Gasteiger partial charge < -0.3 is 0 Å². The maximum atomic E-state index is 7.12. The van der Waals surface area contributed by atoms with Crippen LogP contribution in [0.4, 0.5) is 0 Å². The van der Waals surface area contributed by atoms with Crippen LogP contribution in [0.2, 0.25) is 20.1 Å². The molecule has 4 atom stereocenters. The van der Waals surface area contributed by atoms with Gasteiger partial charge in [0.2, 0.25) is 0 Å². The first-order chi connectivity index (χ1) is 16.5. The van der Waals surface area contributed by atoms with E-state index in [-0.39, 0.29) is 22.7 Å². The molecule has 4 bridgehead atoms. The Morgan fingerprint density at radius 1 is 0.500 bits per heavy atom. The molecule has 2 spiro atoms. The summed E-state index contributed by atoms with van der Waals surface area (Å²) in [7, 11) is 0. The van der Waals surface area contributed by atoms with Crippen LogP contribution in [0.25, 0.3) is 0 Å². The van der Waals surface area contributed by atoms with E-state index < -0.39 is 0 Å². The van der Waals surface area contributed by atoms with Crippen LogP contribution in [0, 0.1) is 0 Å². The van der Waals surface area contributed by atoms with Gasteiger partial charge in [-0.15, -0.1) is 0 Å². The second-order valence-corrected chi connectivity index (χ2v) is 11.8. The molecule has 0 fully saturated rings. The zero-order valence-corrected chi connectivity index (χ0v) is 21.0. The van der Waals surface area contributed by atoms with E-state index in [0.29, 0.717) is 0 Å². The maximum Gasteiger partial charge on any atom is 0.0450 e. The third kappa shape index (κ3) is 1.98. The molecule has 10 rings (SSSR count). The molecule has 4 aromatic rings. The highest BCUT2D eigenvalue weighted by Crippen LogP contribution is 2.77. The van der Waals surface area contributed by atoms with Crippen molar-refractivity contribution in [2.75, 3.05) is 0 Å².